The summed E-state index contributed by atoms with van der Waals surface area (Å²) in [4.78, 5) is 0. The third-order valence-corrected chi connectivity index (χ3v) is 4.44. The van der Waals surface area contributed by atoms with Gasteiger partial charge in [-0.25, -0.2) is 46.6 Å². The van der Waals surface area contributed by atoms with Gasteiger partial charge in [-0.2, -0.15) is 22.3 Å². The van der Waals surface area contributed by atoms with E-state index in [-0.39, 0.29) is 35.7 Å². The zero-order chi connectivity index (χ0) is 28.3. The SMILES string of the molecule is CC1=[C-]CC(C)=C1.CC1=[C-]CC(C)=C1.CC1=[C-]CC(C)=C1.CC1=[C-]CC(C)=C1.C[Si](C)=[Zr+2].C[Si](C)=[Zr+2].[Cl-].[Cl-]. The van der Waals surface area contributed by atoms with Gasteiger partial charge in [0.25, 0.3) is 0 Å². The Kier molecular flexibility index (Phi) is 33.5. The molecule has 4 aliphatic carbocycles. The van der Waals surface area contributed by atoms with Crippen LogP contribution in [0.5, 0.6) is 0 Å². The maximum atomic E-state index is 3.19. The number of rotatable bonds is 0. The second-order valence-corrected chi connectivity index (χ2v) is 28.9. The van der Waals surface area contributed by atoms with E-state index in [1.165, 1.54) is 44.6 Å². The molecule has 0 saturated heterocycles. The van der Waals surface area contributed by atoms with Crippen molar-refractivity contribution < 1.29 is 71.5 Å². The van der Waals surface area contributed by atoms with Crippen molar-refractivity contribution in [2.75, 3.05) is 0 Å². The standard InChI is InChI=1S/4C7H9.2C2H6Si.2ClH.2Zr/c4*1-6-3-4-7(2)5-6;2*1-3-2;;;;/h4*5H,3H2,1-2H3;2*1-2H3;2*1H;;/q4*-1;;;;;2*+2/p-2. The second kappa shape index (κ2) is 27.8. The summed E-state index contributed by atoms with van der Waals surface area (Å²) in [5, 5.41) is 0. The van der Waals surface area contributed by atoms with Gasteiger partial charge in [-0.1, -0.05) is 55.4 Å². The molecule has 0 atom stereocenters. The van der Waals surface area contributed by atoms with E-state index in [0.29, 0.717) is 0 Å². The van der Waals surface area contributed by atoms with Crippen molar-refractivity contribution in [2.45, 2.75) is 107 Å². The third-order valence-electron chi connectivity index (χ3n) is 4.44. The second-order valence-electron chi connectivity index (χ2n) is 10.1. The minimum absolute atomic E-state index is 0. The van der Waals surface area contributed by atoms with E-state index in [1.54, 1.807) is 46.7 Å². The van der Waals surface area contributed by atoms with E-state index in [4.69, 9.17) is 0 Å². The molecule has 0 fully saturated rings. The summed E-state index contributed by atoms with van der Waals surface area (Å²) in [6.45, 7) is 26.1. The molecule has 0 aliphatic heterocycles. The minimum atomic E-state index is 0. The zero-order valence-corrected chi connectivity index (χ0v) is 34.3. The monoisotopic (exact) mass is 738 g/mol. The maximum Gasteiger partial charge on any atom is -1.00 e. The van der Waals surface area contributed by atoms with Crippen molar-refractivity contribution in [3.63, 3.8) is 0 Å². The molecule has 0 radical (unpaired) electrons. The molecule has 0 bridgehead atoms. The first-order valence-electron chi connectivity index (χ1n) is 12.6. The van der Waals surface area contributed by atoms with E-state index in [2.05, 4.69) is 130 Å². The van der Waals surface area contributed by atoms with Crippen LogP contribution in [0, 0.1) is 24.3 Å². The summed E-state index contributed by atoms with van der Waals surface area (Å²) in [6.07, 6.45) is 25.6. The van der Waals surface area contributed by atoms with Crippen molar-refractivity contribution >= 4 is 10.9 Å². The van der Waals surface area contributed by atoms with Crippen molar-refractivity contribution in [1.29, 1.82) is 0 Å². The van der Waals surface area contributed by atoms with Crippen LogP contribution in [0.2, 0.25) is 26.2 Å². The van der Waals surface area contributed by atoms with Crippen LogP contribution < -0.4 is 24.8 Å². The summed E-state index contributed by atoms with van der Waals surface area (Å²) < 4.78 is 0. The van der Waals surface area contributed by atoms with Crippen LogP contribution in [0.25, 0.3) is 0 Å². The molecule has 0 heterocycles. The molecular weight excluding hydrogens is 694 g/mol. The van der Waals surface area contributed by atoms with Crippen LogP contribution in [0.3, 0.4) is 0 Å². The van der Waals surface area contributed by atoms with Gasteiger partial charge >= 0.3 is 83.7 Å². The quantitative estimate of drug-likeness (QED) is 0.261. The minimum Gasteiger partial charge on any atom is -1.00 e. The fourth-order valence-corrected chi connectivity index (χ4v) is 3.00. The van der Waals surface area contributed by atoms with Crippen molar-refractivity contribution in [3.8, 4) is 0 Å². The number of allylic oxidation sites excluding steroid dienone is 16. The molecule has 0 aromatic rings. The molecule has 0 amide bonds. The van der Waals surface area contributed by atoms with E-state index in [0.717, 1.165) is 25.7 Å². The Morgan fingerprint density at radius 2 is 0.579 bits per heavy atom. The molecule has 0 unspecified atom stereocenters. The Balaban J connectivity index is -0.000000184. The smallest absolute Gasteiger partial charge is 1.00 e. The van der Waals surface area contributed by atoms with Gasteiger partial charge in [0.2, 0.25) is 0 Å². The summed E-state index contributed by atoms with van der Waals surface area (Å²) in [5.74, 6) is 0. The fraction of sp³-hybridized carbons (Fsp3) is 0.500. The van der Waals surface area contributed by atoms with Crippen LogP contribution in [0.1, 0.15) is 81.1 Å². The van der Waals surface area contributed by atoms with Gasteiger partial charge < -0.3 is 24.8 Å². The van der Waals surface area contributed by atoms with E-state index < -0.39 is 0 Å². The molecule has 0 spiro atoms. The fourth-order valence-electron chi connectivity index (χ4n) is 3.00. The molecule has 0 aromatic carbocycles. The van der Waals surface area contributed by atoms with Gasteiger partial charge in [-0.15, -0.1) is 25.7 Å². The van der Waals surface area contributed by atoms with Crippen LogP contribution in [-0.2, 0) is 46.7 Å². The van der Waals surface area contributed by atoms with Crippen LogP contribution in [0.4, 0.5) is 0 Å². The molecule has 38 heavy (non-hydrogen) atoms. The van der Waals surface area contributed by atoms with Crippen LogP contribution in [0.15, 0.2) is 68.9 Å². The molecule has 0 aromatic heterocycles. The molecular formula is C32H48Cl2Si2Zr2-2. The predicted octanol–water partition coefficient (Wildman–Crippen LogP) is 3.92. The van der Waals surface area contributed by atoms with Gasteiger partial charge in [-0.3, -0.25) is 24.3 Å². The van der Waals surface area contributed by atoms with Crippen LogP contribution >= 0.6 is 0 Å². The third kappa shape index (κ3) is 34.7. The Morgan fingerprint density at radius 1 is 0.447 bits per heavy atom. The van der Waals surface area contributed by atoms with Gasteiger partial charge in [0.05, 0.1) is 0 Å². The topological polar surface area (TPSA) is 0 Å². The summed E-state index contributed by atoms with van der Waals surface area (Å²) in [7, 11) is 0. The normalized spacial score (nSPS) is 15.6. The van der Waals surface area contributed by atoms with E-state index in [1.807, 2.05) is 0 Å². The first kappa shape index (κ1) is 45.7. The number of hydrogen-bond donors (Lipinski definition) is 0. The average molecular weight is 742 g/mol. The molecule has 0 N–H and O–H groups in total. The number of halogens is 2. The average Bonchev–Trinajstić information content (AvgIpc) is 3.49. The Labute approximate surface area is 280 Å². The van der Waals surface area contributed by atoms with Crippen molar-refractivity contribution in [1.82, 2.24) is 0 Å². The predicted molar refractivity (Wildman–Crippen MR) is 158 cm³/mol. The molecule has 6 heteroatoms. The Bertz CT molecular complexity index is 833. The molecule has 208 valence electrons. The van der Waals surface area contributed by atoms with E-state index in [9.17, 15) is 0 Å². The van der Waals surface area contributed by atoms with Gasteiger partial charge in [0.15, 0.2) is 0 Å². The molecule has 4 rings (SSSR count). The maximum absolute atomic E-state index is 3.19. The van der Waals surface area contributed by atoms with Crippen LogP contribution in [-0.4, -0.2) is 10.9 Å². The Morgan fingerprint density at radius 3 is 0.605 bits per heavy atom. The van der Waals surface area contributed by atoms with Gasteiger partial charge in [0, 0.05) is 0 Å². The Hall–Kier alpha value is 0.700. The summed E-state index contributed by atoms with van der Waals surface area (Å²) in [5.41, 5.74) is 11.3. The summed E-state index contributed by atoms with van der Waals surface area (Å²) >= 11 is 3.48. The molecule has 0 saturated carbocycles. The zero-order valence-electron chi connectivity index (χ0n) is 25.9. The first-order chi connectivity index (χ1) is 16.6. The summed E-state index contributed by atoms with van der Waals surface area (Å²) in [6, 6.07) is 0. The first-order valence-corrected chi connectivity index (χ1v) is 25.0. The molecule has 4 aliphatic rings. The molecule has 0 nitrogen and oxygen atoms in total. The van der Waals surface area contributed by atoms with Crippen molar-refractivity contribution in [3.05, 3.63) is 93.2 Å². The van der Waals surface area contributed by atoms with Crippen molar-refractivity contribution in [2.24, 2.45) is 0 Å². The largest absolute Gasteiger partial charge is 1.00 e. The van der Waals surface area contributed by atoms with Gasteiger partial charge in [-0.05, 0) is 0 Å². The van der Waals surface area contributed by atoms with E-state index >= 15 is 0 Å². The van der Waals surface area contributed by atoms with Gasteiger partial charge in [0.1, 0.15) is 0 Å². The number of hydrogen-bond acceptors (Lipinski definition) is 0.